The molecule has 0 aliphatic carbocycles. The second kappa shape index (κ2) is 9.92. The molecule has 1 aromatic rings. The van der Waals surface area contributed by atoms with Gasteiger partial charge in [0.15, 0.2) is 5.96 Å². The number of rotatable bonds is 9. The van der Waals surface area contributed by atoms with Crippen LogP contribution in [0.15, 0.2) is 27.8 Å². The van der Waals surface area contributed by atoms with Crippen molar-refractivity contribution in [1.29, 1.82) is 0 Å². The Morgan fingerprint density at radius 2 is 1.96 bits per heavy atom. The first-order chi connectivity index (χ1) is 11.0. The molecule has 23 heavy (non-hydrogen) atoms. The van der Waals surface area contributed by atoms with Crippen molar-refractivity contribution in [3.63, 3.8) is 0 Å². The molecule has 130 valence electrons. The Morgan fingerprint density at radius 1 is 1.22 bits per heavy atom. The molecule has 0 aromatic carbocycles. The minimum atomic E-state index is -0.530. The minimum Gasteiger partial charge on any atom is -0.469 e. The Balaban J connectivity index is 2.55. The first-order valence-electron chi connectivity index (χ1n) is 8.32. The van der Waals surface area contributed by atoms with Crippen molar-refractivity contribution in [3.8, 4) is 0 Å². The molecule has 1 rings (SSSR count). The van der Waals surface area contributed by atoms with E-state index in [1.54, 1.807) is 6.26 Å². The van der Waals surface area contributed by atoms with Crippen molar-refractivity contribution >= 4 is 11.9 Å². The fourth-order valence-corrected chi connectivity index (χ4v) is 1.92. The highest BCUT2D eigenvalue weighted by atomic mass is 16.3. The van der Waals surface area contributed by atoms with E-state index in [-0.39, 0.29) is 5.91 Å². The molecule has 1 heterocycles. The summed E-state index contributed by atoms with van der Waals surface area (Å²) >= 11 is 0. The van der Waals surface area contributed by atoms with Crippen molar-refractivity contribution in [3.05, 3.63) is 24.2 Å². The van der Waals surface area contributed by atoms with Gasteiger partial charge in [0.1, 0.15) is 5.76 Å². The van der Waals surface area contributed by atoms with E-state index in [4.69, 9.17) is 4.42 Å². The summed E-state index contributed by atoms with van der Waals surface area (Å²) in [5.41, 5.74) is -0.530. The summed E-state index contributed by atoms with van der Waals surface area (Å²) in [5.74, 6) is 1.69. The molecule has 6 heteroatoms. The van der Waals surface area contributed by atoms with Crippen LogP contribution in [0, 0.1) is 5.41 Å². The predicted octanol–water partition coefficient (Wildman–Crippen LogP) is 1.93. The van der Waals surface area contributed by atoms with E-state index in [2.05, 4.69) is 27.9 Å². The van der Waals surface area contributed by atoms with Crippen LogP contribution in [-0.2, 0) is 11.2 Å². The number of nitrogens with zero attached hydrogens (tertiary/aromatic N) is 1. The lowest BCUT2D eigenvalue weighted by atomic mass is 9.92. The van der Waals surface area contributed by atoms with E-state index in [0.717, 1.165) is 37.7 Å². The van der Waals surface area contributed by atoms with Gasteiger partial charge in [-0.1, -0.05) is 6.92 Å². The largest absolute Gasteiger partial charge is 0.469 e. The van der Waals surface area contributed by atoms with Crippen LogP contribution in [0.3, 0.4) is 0 Å². The first-order valence-corrected chi connectivity index (χ1v) is 8.32. The van der Waals surface area contributed by atoms with Crippen molar-refractivity contribution in [1.82, 2.24) is 16.0 Å². The number of carbonyl (C=O) groups is 1. The Bertz CT molecular complexity index is 481. The van der Waals surface area contributed by atoms with E-state index in [0.29, 0.717) is 13.1 Å². The maximum atomic E-state index is 12.0. The van der Waals surface area contributed by atoms with Gasteiger partial charge in [-0.3, -0.25) is 9.79 Å². The van der Waals surface area contributed by atoms with E-state index < -0.39 is 5.41 Å². The van der Waals surface area contributed by atoms with Crippen LogP contribution >= 0.6 is 0 Å². The van der Waals surface area contributed by atoms with Crippen LogP contribution in [0.5, 0.6) is 0 Å². The highest BCUT2D eigenvalue weighted by Crippen LogP contribution is 2.15. The number of amides is 1. The number of nitrogens with one attached hydrogen (secondary N) is 3. The summed E-state index contributed by atoms with van der Waals surface area (Å²) < 4.78 is 5.32. The van der Waals surface area contributed by atoms with Gasteiger partial charge < -0.3 is 20.4 Å². The Morgan fingerprint density at radius 3 is 2.57 bits per heavy atom. The molecular weight excluding hydrogens is 292 g/mol. The average molecular weight is 322 g/mol. The highest BCUT2D eigenvalue weighted by Gasteiger charge is 2.26. The van der Waals surface area contributed by atoms with Gasteiger partial charge in [0.25, 0.3) is 0 Å². The molecule has 1 amide bonds. The Hall–Kier alpha value is -1.98. The van der Waals surface area contributed by atoms with Crippen LogP contribution in [0.4, 0.5) is 0 Å². The summed E-state index contributed by atoms with van der Waals surface area (Å²) in [7, 11) is 0. The van der Waals surface area contributed by atoms with Gasteiger partial charge in [-0.15, -0.1) is 0 Å². The molecule has 0 spiro atoms. The topological polar surface area (TPSA) is 78.7 Å². The van der Waals surface area contributed by atoms with Gasteiger partial charge in [0.05, 0.1) is 18.2 Å². The number of carbonyl (C=O) groups excluding carboxylic acids is 1. The molecule has 0 atom stereocenters. The van der Waals surface area contributed by atoms with Crippen molar-refractivity contribution < 1.29 is 9.21 Å². The second-order valence-corrected chi connectivity index (χ2v) is 6.09. The maximum absolute atomic E-state index is 12.0. The molecule has 0 aliphatic heterocycles. The SMILES string of the molecule is CCCNC(=NCC(C)(C)C(=O)NCC)NCCc1ccco1. The first kappa shape index (κ1) is 19.1. The number of hydrogen-bond donors (Lipinski definition) is 3. The fourth-order valence-electron chi connectivity index (χ4n) is 1.92. The Labute approximate surface area is 139 Å². The number of aliphatic imine (C=N–C) groups is 1. The monoisotopic (exact) mass is 322 g/mol. The van der Waals surface area contributed by atoms with Gasteiger partial charge in [0.2, 0.25) is 5.91 Å². The summed E-state index contributed by atoms with van der Waals surface area (Å²) in [4.78, 5) is 16.6. The average Bonchev–Trinajstić information content (AvgIpc) is 3.03. The van der Waals surface area contributed by atoms with Crippen molar-refractivity contribution in [2.75, 3.05) is 26.2 Å². The molecule has 3 N–H and O–H groups in total. The molecule has 6 nitrogen and oxygen atoms in total. The van der Waals surface area contributed by atoms with Crippen LogP contribution in [0.1, 0.15) is 39.9 Å². The van der Waals surface area contributed by atoms with Gasteiger partial charge in [-0.2, -0.15) is 0 Å². The van der Waals surface area contributed by atoms with Gasteiger partial charge >= 0.3 is 0 Å². The third-order valence-corrected chi connectivity index (χ3v) is 3.37. The second-order valence-electron chi connectivity index (χ2n) is 6.09. The highest BCUT2D eigenvalue weighted by molar-refractivity contribution is 5.83. The zero-order chi connectivity index (χ0) is 17.1. The summed E-state index contributed by atoms with van der Waals surface area (Å²) in [6.45, 7) is 10.5. The lowest BCUT2D eigenvalue weighted by molar-refractivity contribution is -0.128. The number of hydrogen-bond acceptors (Lipinski definition) is 3. The van der Waals surface area contributed by atoms with Crippen LogP contribution in [0.25, 0.3) is 0 Å². The molecule has 0 saturated carbocycles. The summed E-state index contributed by atoms with van der Waals surface area (Å²) in [6.07, 6.45) is 3.48. The van der Waals surface area contributed by atoms with Crippen molar-refractivity contribution in [2.24, 2.45) is 10.4 Å². The van der Waals surface area contributed by atoms with Crippen LogP contribution < -0.4 is 16.0 Å². The van der Waals surface area contributed by atoms with E-state index >= 15 is 0 Å². The van der Waals surface area contributed by atoms with E-state index in [1.165, 1.54) is 0 Å². The van der Waals surface area contributed by atoms with E-state index in [1.807, 2.05) is 32.9 Å². The minimum absolute atomic E-state index is 0.0224. The molecule has 0 bridgehead atoms. The molecular formula is C17H30N4O2. The lowest BCUT2D eigenvalue weighted by Crippen LogP contribution is -2.42. The fraction of sp³-hybridized carbons (Fsp3) is 0.647. The zero-order valence-electron chi connectivity index (χ0n) is 14.7. The molecule has 0 aliphatic rings. The maximum Gasteiger partial charge on any atom is 0.227 e. The predicted molar refractivity (Wildman–Crippen MR) is 93.5 cm³/mol. The summed E-state index contributed by atoms with van der Waals surface area (Å²) in [6, 6.07) is 3.84. The van der Waals surface area contributed by atoms with Crippen LogP contribution in [-0.4, -0.2) is 38.0 Å². The molecule has 0 unspecified atom stereocenters. The standard InChI is InChI=1S/C17H30N4O2/c1-5-10-19-16(20-11-9-14-8-7-12-23-14)21-13-17(3,4)15(22)18-6-2/h7-8,12H,5-6,9-11,13H2,1-4H3,(H,18,22)(H2,19,20,21). The quantitative estimate of drug-likeness (QED) is 0.479. The normalized spacial score (nSPS) is 12.1. The number of furan rings is 1. The third-order valence-electron chi connectivity index (χ3n) is 3.37. The van der Waals surface area contributed by atoms with Gasteiger partial charge in [-0.25, -0.2) is 0 Å². The van der Waals surface area contributed by atoms with Crippen LogP contribution in [0.2, 0.25) is 0 Å². The smallest absolute Gasteiger partial charge is 0.227 e. The zero-order valence-corrected chi connectivity index (χ0v) is 14.7. The third kappa shape index (κ3) is 7.21. The lowest BCUT2D eigenvalue weighted by Gasteiger charge is -2.22. The molecule has 0 radical (unpaired) electrons. The van der Waals surface area contributed by atoms with Gasteiger partial charge in [0, 0.05) is 26.1 Å². The molecule has 1 aromatic heterocycles. The molecule has 0 fully saturated rings. The van der Waals surface area contributed by atoms with E-state index in [9.17, 15) is 4.79 Å². The summed E-state index contributed by atoms with van der Waals surface area (Å²) in [5, 5.41) is 9.41. The Kier molecular flexibility index (Phi) is 8.22. The van der Waals surface area contributed by atoms with Gasteiger partial charge in [-0.05, 0) is 39.3 Å². The number of guanidine groups is 1. The van der Waals surface area contributed by atoms with Crippen molar-refractivity contribution in [2.45, 2.75) is 40.5 Å². The molecule has 0 saturated heterocycles.